The lowest BCUT2D eigenvalue weighted by molar-refractivity contribution is 0.217. The molecular weight excluding hydrogens is 469 g/mol. The van der Waals surface area contributed by atoms with Crippen molar-refractivity contribution >= 4 is 46.0 Å². The Morgan fingerprint density at radius 2 is 1.88 bits per heavy atom. The summed E-state index contributed by atoms with van der Waals surface area (Å²) in [6.45, 7) is 19.4. The number of thioether (sulfide) groups is 2. The molecule has 2 aromatic rings. The molecule has 6 nitrogen and oxygen atoms in total. The van der Waals surface area contributed by atoms with Crippen LogP contribution in [0, 0.1) is 11.3 Å². The molecule has 1 N–H and O–H groups in total. The van der Waals surface area contributed by atoms with Crippen molar-refractivity contribution in [3.63, 3.8) is 0 Å². The summed E-state index contributed by atoms with van der Waals surface area (Å²) >= 11 is 5.34. The highest BCUT2D eigenvalue weighted by molar-refractivity contribution is 8.14. The van der Waals surface area contributed by atoms with E-state index >= 15 is 0 Å². The molecule has 1 unspecified atom stereocenters. The van der Waals surface area contributed by atoms with Gasteiger partial charge in [0, 0.05) is 21.9 Å². The number of fused-ring (bicyclic) bond motifs is 8. The molecule has 0 bridgehead atoms. The van der Waals surface area contributed by atoms with Gasteiger partial charge in [0.25, 0.3) is 0 Å². The van der Waals surface area contributed by atoms with E-state index in [9.17, 15) is 0 Å². The third kappa shape index (κ3) is 4.06. The summed E-state index contributed by atoms with van der Waals surface area (Å²) in [5.41, 5.74) is 8.89. The highest BCUT2D eigenvalue weighted by Crippen LogP contribution is 2.51. The number of hydrogen-bond donors (Lipinski definition) is 1. The standard InChI is InChI=1S/C24H32N6S3/c1-13(2)11-31-22-27-25-19-18-16-9-8-15(24(5,6)7)10-17(16)33-20(18)30-21(29(19)22)26-28-23(30)32-12-14(3)4/h15,19,25H,1,3,8-12H2,2,4-7H3/t15-,19?/m1/s1. The average Bonchev–Trinajstić information content (AvgIpc) is 3.43. The van der Waals surface area contributed by atoms with Gasteiger partial charge in [-0.2, -0.15) is 5.10 Å². The van der Waals surface area contributed by atoms with Gasteiger partial charge >= 0.3 is 0 Å². The second-order valence-electron chi connectivity index (χ2n) is 10.4. The van der Waals surface area contributed by atoms with Crippen molar-refractivity contribution < 1.29 is 0 Å². The van der Waals surface area contributed by atoms with Crippen molar-refractivity contribution in [1.29, 1.82) is 0 Å². The molecule has 0 saturated carbocycles. The summed E-state index contributed by atoms with van der Waals surface area (Å²) in [7, 11) is 0. The summed E-state index contributed by atoms with van der Waals surface area (Å²) in [6.07, 6.45) is 3.48. The van der Waals surface area contributed by atoms with Crippen LogP contribution in [0.15, 0.2) is 34.6 Å². The second-order valence-corrected chi connectivity index (χ2v) is 13.4. The number of hydrogen-bond acceptors (Lipinski definition) is 8. The van der Waals surface area contributed by atoms with Gasteiger partial charge < -0.3 is 0 Å². The molecule has 3 aliphatic rings. The first-order chi connectivity index (χ1) is 15.6. The van der Waals surface area contributed by atoms with Gasteiger partial charge in [-0.15, -0.1) is 21.5 Å². The first-order valence-corrected chi connectivity index (χ1v) is 14.2. The number of thiophene rings is 1. The lowest BCUT2D eigenvalue weighted by atomic mass is 9.72. The number of aromatic nitrogens is 3. The summed E-state index contributed by atoms with van der Waals surface area (Å²) in [5.74, 6) is 3.21. The minimum atomic E-state index is -0.0190. The van der Waals surface area contributed by atoms with Crippen molar-refractivity contribution in [1.82, 2.24) is 20.2 Å². The fourth-order valence-corrected chi connectivity index (χ4v) is 7.79. The molecule has 2 aromatic heterocycles. The predicted molar refractivity (Wildman–Crippen MR) is 143 cm³/mol. The molecule has 176 valence electrons. The van der Waals surface area contributed by atoms with E-state index in [-0.39, 0.29) is 6.17 Å². The van der Waals surface area contributed by atoms with E-state index in [0.29, 0.717) is 11.3 Å². The molecule has 0 radical (unpaired) electrons. The van der Waals surface area contributed by atoms with E-state index in [4.69, 9.17) is 5.10 Å². The van der Waals surface area contributed by atoms with E-state index in [1.165, 1.54) is 27.4 Å². The maximum Gasteiger partial charge on any atom is 0.241 e. The third-order valence-electron chi connectivity index (χ3n) is 6.46. The van der Waals surface area contributed by atoms with Gasteiger partial charge in [-0.1, -0.05) is 68.6 Å². The SMILES string of the molecule is C=C(C)CSC1=NNC2c3c(sc4c3CC[C@@H](C(C)(C)C)C4)-n3c(SCC(=C)C)nnc3N12. The van der Waals surface area contributed by atoms with Crippen LogP contribution in [0.4, 0.5) is 5.95 Å². The van der Waals surface area contributed by atoms with Crippen molar-refractivity contribution in [3.05, 3.63) is 40.3 Å². The van der Waals surface area contributed by atoms with E-state index in [2.05, 4.69) is 72.9 Å². The van der Waals surface area contributed by atoms with Crippen LogP contribution in [0.1, 0.15) is 63.2 Å². The first kappa shape index (κ1) is 23.1. The molecule has 2 aliphatic heterocycles. The van der Waals surface area contributed by atoms with E-state index < -0.39 is 0 Å². The van der Waals surface area contributed by atoms with Crippen LogP contribution >= 0.6 is 34.9 Å². The van der Waals surface area contributed by atoms with Crippen LogP contribution < -0.4 is 10.3 Å². The summed E-state index contributed by atoms with van der Waals surface area (Å²) in [5, 5.41) is 17.1. The van der Waals surface area contributed by atoms with Gasteiger partial charge in [0.1, 0.15) is 5.00 Å². The fraction of sp³-hybridized carbons (Fsp3) is 0.542. The Kier molecular flexibility index (Phi) is 5.94. The van der Waals surface area contributed by atoms with Gasteiger partial charge in [0.2, 0.25) is 5.95 Å². The Labute approximate surface area is 209 Å². The zero-order valence-electron chi connectivity index (χ0n) is 20.1. The number of rotatable bonds is 5. The van der Waals surface area contributed by atoms with Crippen LogP contribution in [0.5, 0.6) is 0 Å². The van der Waals surface area contributed by atoms with Gasteiger partial charge in [-0.25, -0.2) is 4.57 Å². The molecule has 4 heterocycles. The Morgan fingerprint density at radius 3 is 2.58 bits per heavy atom. The molecule has 9 heteroatoms. The van der Waals surface area contributed by atoms with Crippen LogP contribution in [0.2, 0.25) is 0 Å². The van der Waals surface area contributed by atoms with Crippen LogP contribution in [0.25, 0.3) is 5.00 Å². The van der Waals surface area contributed by atoms with E-state index in [0.717, 1.165) is 51.8 Å². The lowest BCUT2D eigenvalue weighted by Gasteiger charge is -2.35. The topological polar surface area (TPSA) is 58.3 Å². The van der Waals surface area contributed by atoms with Crippen molar-refractivity contribution in [2.45, 2.75) is 65.2 Å². The Balaban J connectivity index is 1.60. The second kappa shape index (κ2) is 8.50. The van der Waals surface area contributed by atoms with Gasteiger partial charge in [-0.05, 0) is 50.0 Å². The lowest BCUT2D eigenvalue weighted by Crippen LogP contribution is -2.38. The Hall–Kier alpha value is -1.71. The molecule has 1 aliphatic carbocycles. The number of nitrogens with zero attached hydrogens (tertiary/aromatic N) is 5. The van der Waals surface area contributed by atoms with Crippen LogP contribution in [-0.4, -0.2) is 31.4 Å². The first-order valence-electron chi connectivity index (χ1n) is 11.4. The fourth-order valence-electron chi connectivity index (χ4n) is 4.68. The smallest absolute Gasteiger partial charge is 0.241 e. The van der Waals surface area contributed by atoms with Gasteiger partial charge in [0.15, 0.2) is 16.5 Å². The molecule has 0 saturated heterocycles. The number of anilines is 1. The Bertz CT molecular complexity index is 1150. The summed E-state index contributed by atoms with van der Waals surface area (Å²) < 4.78 is 2.26. The average molecular weight is 501 g/mol. The quantitative estimate of drug-likeness (QED) is 0.392. The zero-order chi connectivity index (χ0) is 23.5. The van der Waals surface area contributed by atoms with Gasteiger partial charge in [-0.3, -0.25) is 10.3 Å². The Morgan fingerprint density at radius 1 is 1.15 bits per heavy atom. The van der Waals surface area contributed by atoms with Crippen molar-refractivity contribution in [2.75, 3.05) is 16.4 Å². The summed E-state index contributed by atoms with van der Waals surface area (Å²) in [6, 6.07) is 0. The third-order valence-corrected chi connectivity index (χ3v) is 10.1. The van der Waals surface area contributed by atoms with Gasteiger partial charge in [0.05, 0.1) is 0 Å². The molecule has 0 aromatic carbocycles. The van der Waals surface area contributed by atoms with Crippen LogP contribution in [0.3, 0.4) is 0 Å². The van der Waals surface area contributed by atoms with E-state index in [1.807, 2.05) is 11.3 Å². The zero-order valence-corrected chi connectivity index (χ0v) is 22.5. The molecule has 0 amide bonds. The van der Waals surface area contributed by atoms with E-state index in [1.54, 1.807) is 23.5 Å². The predicted octanol–water partition coefficient (Wildman–Crippen LogP) is 6.15. The maximum absolute atomic E-state index is 4.73. The molecule has 0 fully saturated rings. The highest BCUT2D eigenvalue weighted by Gasteiger charge is 2.45. The van der Waals surface area contributed by atoms with Crippen molar-refractivity contribution in [2.24, 2.45) is 16.4 Å². The number of nitrogens with one attached hydrogen (secondary N) is 1. The highest BCUT2D eigenvalue weighted by atomic mass is 32.2. The number of amidine groups is 1. The minimum absolute atomic E-state index is 0.0190. The minimum Gasteiger partial charge on any atom is -0.280 e. The molecule has 33 heavy (non-hydrogen) atoms. The number of hydrazone groups is 1. The largest absolute Gasteiger partial charge is 0.280 e. The van der Waals surface area contributed by atoms with Crippen molar-refractivity contribution in [3.8, 4) is 5.00 Å². The molecule has 5 rings (SSSR count). The normalized spacial score (nSPS) is 21.0. The summed E-state index contributed by atoms with van der Waals surface area (Å²) in [4.78, 5) is 3.75. The molecule has 0 spiro atoms. The maximum atomic E-state index is 4.73. The molecule has 2 atom stereocenters. The molecular formula is C24H32N6S3. The van der Waals surface area contributed by atoms with Crippen LogP contribution in [-0.2, 0) is 12.8 Å². The monoisotopic (exact) mass is 500 g/mol.